The molecule has 0 saturated heterocycles. The average molecular weight is 332 g/mol. The highest BCUT2D eigenvalue weighted by molar-refractivity contribution is 5.73. The molecule has 0 spiro atoms. The zero-order valence-electron chi connectivity index (χ0n) is 14.0. The van der Waals surface area contributed by atoms with Gasteiger partial charge in [0.1, 0.15) is 0 Å². The Hall–Kier alpha value is -1.95. The van der Waals surface area contributed by atoms with Crippen LogP contribution in [0.2, 0.25) is 0 Å². The summed E-state index contributed by atoms with van der Waals surface area (Å²) in [5.74, 6) is -0.158. The van der Waals surface area contributed by atoms with Crippen molar-refractivity contribution in [3.63, 3.8) is 0 Å². The third-order valence-corrected chi connectivity index (χ3v) is 5.00. The zero-order valence-corrected chi connectivity index (χ0v) is 14.0. The normalized spacial score (nSPS) is 23.4. The summed E-state index contributed by atoms with van der Waals surface area (Å²) in [7, 11) is 0. The number of hydrogen-bond donors (Lipinski definition) is 0. The molecule has 2 aliphatic carbocycles. The van der Waals surface area contributed by atoms with Crippen LogP contribution >= 0.6 is 0 Å². The van der Waals surface area contributed by atoms with Gasteiger partial charge in [-0.05, 0) is 38.2 Å². The lowest BCUT2D eigenvalue weighted by Gasteiger charge is -2.32. The number of rotatable bonds is 7. The molecule has 1 aromatic carbocycles. The molecular formula is C18H24N2O4. The van der Waals surface area contributed by atoms with Crippen molar-refractivity contribution in [2.75, 3.05) is 6.61 Å². The molecular weight excluding hydrogens is 308 g/mol. The molecule has 0 amide bonds. The van der Waals surface area contributed by atoms with E-state index >= 15 is 0 Å². The SMILES string of the molecule is CCOC(=O)[C@H]1CCC[C@H]1N(Cc1cccc([N+](=O)[O-])c1)C1CC1. The van der Waals surface area contributed by atoms with E-state index < -0.39 is 0 Å². The minimum Gasteiger partial charge on any atom is -0.466 e. The fourth-order valence-corrected chi connectivity index (χ4v) is 3.76. The number of nitro benzene ring substituents is 1. The number of nitrogens with zero attached hydrogens (tertiary/aromatic N) is 2. The molecule has 6 heteroatoms. The van der Waals surface area contributed by atoms with Gasteiger partial charge in [0.05, 0.1) is 17.4 Å². The lowest BCUT2D eigenvalue weighted by Crippen LogP contribution is -2.42. The second-order valence-electron chi connectivity index (χ2n) is 6.69. The van der Waals surface area contributed by atoms with Gasteiger partial charge in [0.25, 0.3) is 5.69 Å². The van der Waals surface area contributed by atoms with Crippen LogP contribution in [0.5, 0.6) is 0 Å². The van der Waals surface area contributed by atoms with Crippen molar-refractivity contribution in [1.82, 2.24) is 4.90 Å². The summed E-state index contributed by atoms with van der Waals surface area (Å²) >= 11 is 0. The van der Waals surface area contributed by atoms with Gasteiger partial charge in [0.15, 0.2) is 0 Å². The van der Waals surface area contributed by atoms with Gasteiger partial charge >= 0.3 is 5.97 Å². The van der Waals surface area contributed by atoms with Crippen molar-refractivity contribution in [2.45, 2.75) is 57.7 Å². The van der Waals surface area contributed by atoms with Crippen molar-refractivity contribution < 1.29 is 14.5 Å². The molecule has 2 fully saturated rings. The minimum absolute atomic E-state index is 0.0655. The predicted molar refractivity (Wildman–Crippen MR) is 89.4 cm³/mol. The summed E-state index contributed by atoms with van der Waals surface area (Å²) in [6.45, 7) is 2.91. The Bertz CT molecular complexity index is 615. The van der Waals surface area contributed by atoms with E-state index in [1.54, 1.807) is 12.1 Å². The van der Waals surface area contributed by atoms with Crippen LogP contribution in [0.1, 0.15) is 44.6 Å². The number of ether oxygens (including phenoxy) is 1. The number of hydrogen-bond acceptors (Lipinski definition) is 5. The molecule has 2 aliphatic rings. The van der Waals surface area contributed by atoms with Gasteiger partial charge in [-0.2, -0.15) is 0 Å². The molecule has 0 aromatic heterocycles. The number of nitro groups is 1. The molecule has 0 aliphatic heterocycles. The summed E-state index contributed by atoms with van der Waals surface area (Å²) in [5, 5.41) is 11.0. The van der Waals surface area contributed by atoms with Gasteiger partial charge in [-0.1, -0.05) is 18.6 Å². The standard InChI is InChI=1S/C18H24N2O4/c1-2-24-18(21)16-7-4-8-17(16)19(14-9-10-14)12-13-5-3-6-15(11-13)20(22)23/h3,5-6,11,14,16-17H,2,4,7-10,12H2,1H3/t16-,17+/m0/s1. The predicted octanol–water partition coefficient (Wildman–Crippen LogP) is 3.29. The molecule has 1 aromatic rings. The lowest BCUT2D eigenvalue weighted by atomic mass is 10.0. The van der Waals surface area contributed by atoms with Crippen molar-refractivity contribution >= 4 is 11.7 Å². The molecule has 0 N–H and O–H groups in total. The van der Waals surface area contributed by atoms with Gasteiger partial charge < -0.3 is 4.74 Å². The molecule has 0 unspecified atom stereocenters. The van der Waals surface area contributed by atoms with Gasteiger partial charge in [-0.3, -0.25) is 19.8 Å². The number of benzene rings is 1. The first-order chi connectivity index (χ1) is 11.6. The lowest BCUT2D eigenvalue weighted by molar-refractivity contribution is -0.384. The fourth-order valence-electron chi connectivity index (χ4n) is 3.76. The highest BCUT2D eigenvalue weighted by atomic mass is 16.6. The molecule has 0 heterocycles. The Kier molecular flexibility index (Phi) is 5.14. The molecule has 2 saturated carbocycles. The fraction of sp³-hybridized carbons (Fsp3) is 0.611. The second kappa shape index (κ2) is 7.30. The van der Waals surface area contributed by atoms with Crippen molar-refractivity contribution in [3.8, 4) is 0 Å². The van der Waals surface area contributed by atoms with E-state index in [4.69, 9.17) is 4.74 Å². The Labute approximate surface area is 141 Å². The second-order valence-corrected chi connectivity index (χ2v) is 6.69. The van der Waals surface area contributed by atoms with Crippen LogP contribution in [-0.4, -0.2) is 34.5 Å². The molecule has 130 valence electrons. The number of carbonyl (C=O) groups is 1. The minimum atomic E-state index is -0.359. The Morgan fingerprint density at radius 3 is 2.79 bits per heavy atom. The molecule has 6 nitrogen and oxygen atoms in total. The van der Waals surface area contributed by atoms with Crippen LogP contribution in [0, 0.1) is 16.0 Å². The van der Waals surface area contributed by atoms with Crippen molar-refractivity contribution in [3.05, 3.63) is 39.9 Å². The average Bonchev–Trinajstić information content (AvgIpc) is 3.29. The highest BCUT2D eigenvalue weighted by Gasteiger charge is 2.43. The number of non-ortho nitro benzene ring substituents is 1. The molecule has 0 bridgehead atoms. The van der Waals surface area contributed by atoms with Gasteiger partial charge in [-0.15, -0.1) is 0 Å². The van der Waals surface area contributed by atoms with E-state index in [0.717, 1.165) is 37.7 Å². The quantitative estimate of drug-likeness (QED) is 0.435. The van der Waals surface area contributed by atoms with E-state index in [0.29, 0.717) is 19.2 Å². The monoisotopic (exact) mass is 332 g/mol. The number of esters is 1. The summed E-state index contributed by atoms with van der Waals surface area (Å²) in [4.78, 5) is 25.3. The van der Waals surface area contributed by atoms with Crippen LogP contribution < -0.4 is 0 Å². The van der Waals surface area contributed by atoms with Gasteiger partial charge in [0.2, 0.25) is 0 Å². The Balaban J connectivity index is 1.76. The third kappa shape index (κ3) is 3.75. The smallest absolute Gasteiger partial charge is 0.310 e. The van der Waals surface area contributed by atoms with Crippen LogP contribution in [0.25, 0.3) is 0 Å². The first-order valence-corrected chi connectivity index (χ1v) is 8.76. The van der Waals surface area contributed by atoms with Crippen LogP contribution in [0.3, 0.4) is 0 Å². The van der Waals surface area contributed by atoms with Crippen LogP contribution in [-0.2, 0) is 16.1 Å². The summed E-state index contributed by atoms with van der Waals surface area (Å²) in [5.41, 5.74) is 1.06. The van der Waals surface area contributed by atoms with E-state index in [-0.39, 0.29) is 28.5 Å². The van der Waals surface area contributed by atoms with Crippen molar-refractivity contribution in [2.24, 2.45) is 5.92 Å². The molecule has 3 rings (SSSR count). The number of carbonyl (C=O) groups excluding carboxylic acids is 1. The maximum Gasteiger partial charge on any atom is 0.310 e. The van der Waals surface area contributed by atoms with Crippen LogP contribution in [0.4, 0.5) is 5.69 Å². The summed E-state index contributed by atoms with van der Waals surface area (Å²) in [6, 6.07) is 7.50. The molecule has 2 atom stereocenters. The third-order valence-electron chi connectivity index (χ3n) is 5.00. The van der Waals surface area contributed by atoms with Crippen molar-refractivity contribution in [1.29, 1.82) is 0 Å². The molecule has 0 radical (unpaired) electrons. The maximum absolute atomic E-state index is 12.3. The molecule has 24 heavy (non-hydrogen) atoms. The highest BCUT2D eigenvalue weighted by Crippen LogP contribution is 2.39. The summed E-state index contributed by atoms with van der Waals surface area (Å²) < 4.78 is 5.25. The topological polar surface area (TPSA) is 72.7 Å². The first-order valence-electron chi connectivity index (χ1n) is 8.76. The first kappa shape index (κ1) is 16.9. The van der Waals surface area contributed by atoms with Crippen LogP contribution in [0.15, 0.2) is 24.3 Å². The Morgan fingerprint density at radius 2 is 2.12 bits per heavy atom. The summed E-state index contributed by atoms with van der Waals surface area (Å²) in [6.07, 6.45) is 5.19. The Morgan fingerprint density at radius 1 is 1.33 bits per heavy atom. The van der Waals surface area contributed by atoms with E-state index in [9.17, 15) is 14.9 Å². The maximum atomic E-state index is 12.3. The van der Waals surface area contributed by atoms with E-state index in [1.165, 1.54) is 6.07 Å². The van der Waals surface area contributed by atoms with Gasteiger partial charge in [-0.25, -0.2) is 0 Å². The van der Waals surface area contributed by atoms with E-state index in [1.807, 2.05) is 13.0 Å². The van der Waals surface area contributed by atoms with Gasteiger partial charge in [0, 0.05) is 30.8 Å². The van der Waals surface area contributed by atoms with E-state index in [2.05, 4.69) is 4.90 Å². The zero-order chi connectivity index (χ0) is 17.1. The largest absolute Gasteiger partial charge is 0.466 e.